The molecule has 2 aromatic carbocycles. The molecular weight excluding hydrogens is 559 g/mol. The minimum atomic E-state index is -0.403. The van der Waals surface area contributed by atoms with Crippen molar-refractivity contribution in [2.45, 2.75) is 51.0 Å². The number of nitrogens with zero attached hydrogens (tertiary/aromatic N) is 2. The second-order valence-corrected chi connectivity index (χ2v) is 11.4. The largest absolute Gasteiger partial charge is 0.489 e. The van der Waals surface area contributed by atoms with Crippen molar-refractivity contribution in [2.75, 3.05) is 7.11 Å². The Hall–Kier alpha value is -3.06. The Morgan fingerprint density at radius 1 is 1.10 bits per heavy atom. The highest BCUT2D eigenvalue weighted by Gasteiger charge is 2.53. The molecule has 0 spiro atoms. The van der Waals surface area contributed by atoms with Gasteiger partial charge < -0.3 is 14.0 Å². The zero-order valence-corrected chi connectivity index (χ0v) is 24.2. The lowest BCUT2D eigenvalue weighted by atomic mass is 9.92. The van der Waals surface area contributed by atoms with Crippen LogP contribution in [0.25, 0.3) is 11.3 Å². The Balaban J connectivity index is 1.37. The summed E-state index contributed by atoms with van der Waals surface area (Å²) in [6.07, 6.45) is 4.20. The minimum absolute atomic E-state index is 0.0796. The van der Waals surface area contributed by atoms with Gasteiger partial charge in [-0.15, -0.1) is 0 Å². The predicted molar refractivity (Wildman–Crippen MR) is 152 cm³/mol. The van der Waals surface area contributed by atoms with E-state index in [2.05, 4.69) is 17.1 Å². The van der Waals surface area contributed by atoms with E-state index in [1.54, 1.807) is 24.4 Å². The molecule has 39 heavy (non-hydrogen) atoms. The summed E-state index contributed by atoms with van der Waals surface area (Å²) in [6, 6.07) is 12.9. The van der Waals surface area contributed by atoms with Crippen LogP contribution in [0.3, 0.4) is 0 Å². The summed E-state index contributed by atoms with van der Waals surface area (Å²) in [5.74, 6) is 1.19. The Morgan fingerprint density at radius 2 is 1.85 bits per heavy atom. The van der Waals surface area contributed by atoms with Crippen molar-refractivity contribution in [2.24, 2.45) is 0 Å². The molecule has 0 radical (unpaired) electrons. The normalized spacial score (nSPS) is 18.3. The Bertz CT molecular complexity index is 1530. The zero-order valence-electron chi connectivity index (χ0n) is 21.9. The fraction of sp³-hybridized carbons (Fsp3) is 0.300. The lowest BCUT2D eigenvalue weighted by molar-refractivity contribution is 0.0600. The summed E-state index contributed by atoms with van der Waals surface area (Å²) in [5, 5.41) is 5.87. The number of ether oxygens (including phenoxy) is 2. The lowest BCUT2D eigenvalue weighted by Gasteiger charge is -2.16. The number of hydrogen-bond donors (Lipinski definition) is 0. The molecule has 0 N–H and O–H groups in total. The molecule has 4 aromatic rings. The first-order valence-electron chi connectivity index (χ1n) is 12.5. The lowest BCUT2D eigenvalue weighted by Crippen LogP contribution is -2.07. The van der Waals surface area contributed by atoms with E-state index in [9.17, 15) is 4.79 Å². The summed E-state index contributed by atoms with van der Waals surface area (Å²) in [7, 11) is 1.36. The molecule has 2 heterocycles. The first-order valence-corrected chi connectivity index (χ1v) is 13.7. The molecule has 0 aliphatic heterocycles. The quantitative estimate of drug-likeness (QED) is 0.193. The van der Waals surface area contributed by atoms with Gasteiger partial charge in [0, 0.05) is 34.3 Å². The van der Waals surface area contributed by atoms with E-state index in [4.69, 9.17) is 48.8 Å². The van der Waals surface area contributed by atoms with Crippen molar-refractivity contribution in [1.29, 1.82) is 0 Å². The highest BCUT2D eigenvalue weighted by molar-refractivity contribution is 6.39. The van der Waals surface area contributed by atoms with Crippen molar-refractivity contribution in [3.8, 4) is 17.0 Å². The van der Waals surface area contributed by atoms with E-state index in [1.807, 2.05) is 38.1 Å². The van der Waals surface area contributed by atoms with Crippen molar-refractivity contribution < 1.29 is 18.8 Å². The fourth-order valence-electron chi connectivity index (χ4n) is 5.07. The molecule has 0 amide bonds. The van der Waals surface area contributed by atoms with E-state index in [0.29, 0.717) is 43.4 Å². The van der Waals surface area contributed by atoms with Gasteiger partial charge in [-0.3, -0.25) is 4.98 Å². The van der Waals surface area contributed by atoms with E-state index < -0.39 is 5.97 Å². The van der Waals surface area contributed by atoms with E-state index in [0.717, 1.165) is 23.1 Å². The Morgan fingerprint density at radius 3 is 2.51 bits per heavy atom. The van der Waals surface area contributed by atoms with Gasteiger partial charge in [-0.2, -0.15) is 0 Å². The third-order valence-corrected chi connectivity index (χ3v) is 8.24. The van der Waals surface area contributed by atoms with Crippen LogP contribution in [-0.4, -0.2) is 23.2 Å². The first-order chi connectivity index (χ1) is 18.6. The number of halogens is 3. The molecule has 2 atom stereocenters. The van der Waals surface area contributed by atoms with Crippen LogP contribution in [0.5, 0.6) is 5.75 Å². The van der Waals surface area contributed by atoms with Gasteiger partial charge in [0.15, 0.2) is 0 Å². The standard InChI is InChI=1S/C30H27Cl3N2O4/c1-16(2)28-20(27(35-39-28)26-23(31)6-5-7-24(26)32)15-38-19-8-9-21(25(33)11-19)30(3)12-22(30)17-10-18(14-34-13-17)29(36)37-4/h5-11,13-14,16,22H,12,15H2,1-4H3. The highest BCUT2D eigenvalue weighted by atomic mass is 35.5. The van der Waals surface area contributed by atoms with Crippen molar-refractivity contribution in [3.05, 3.63) is 97.9 Å². The van der Waals surface area contributed by atoms with Crippen LogP contribution in [0.1, 0.15) is 71.8 Å². The average molecular weight is 586 g/mol. The zero-order chi connectivity index (χ0) is 27.9. The van der Waals surface area contributed by atoms with Gasteiger partial charge in [-0.1, -0.05) is 72.9 Å². The maximum Gasteiger partial charge on any atom is 0.339 e. The van der Waals surface area contributed by atoms with Gasteiger partial charge in [-0.25, -0.2) is 4.79 Å². The summed E-state index contributed by atoms with van der Waals surface area (Å²) >= 11 is 19.7. The van der Waals surface area contributed by atoms with E-state index in [-0.39, 0.29) is 23.9 Å². The Labute approximate surface area is 242 Å². The van der Waals surface area contributed by atoms with Crippen LogP contribution in [0.4, 0.5) is 0 Å². The molecular formula is C30H27Cl3N2O4. The third-order valence-electron chi connectivity index (χ3n) is 7.30. The van der Waals surface area contributed by atoms with Crippen LogP contribution in [-0.2, 0) is 16.8 Å². The molecule has 202 valence electrons. The van der Waals surface area contributed by atoms with E-state index >= 15 is 0 Å². The third kappa shape index (κ3) is 5.25. The molecule has 1 aliphatic carbocycles. The smallest absolute Gasteiger partial charge is 0.339 e. The van der Waals surface area contributed by atoms with Crippen LogP contribution < -0.4 is 4.74 Å². The Kier molecular flexibility index (Phi) is 7.64. The number of carbonyl (C=O) groups excluding carboxylic acids is 1. The number of esters is 1. The van der Waals surface area contributed by atoms with Crippen LogP contribution in [0.2, 0.25) is 15.1 Å². The van der Waals surface area contributed by atoms with Crippen LogP contribution in [0, 0.1) is 0 Å². The van der Waals surface area contributed by atoms with Gasteiger partial charge in [-0.05, 0) is 53.8 Å². The van der Waals surface area contributed by atoms with Gasteiger partial charge in [0.2, 0.25) is 0 Å². The average Bonchev–Trinajstić information content (AvgIpc) is 3.43. The number of benzene rings is 2. The van der Waals surface area contributed by atoms with Crippen LogP contribution >= 0.6 is 34.8 Å². The molecule has 2 unspecified atom stereocenters. The molecule has 9 heteroatoms. The van der Waals surface area contributed by atoms with Crippen LogP contribution in [0.15, 0.2) is 59.4 Å². The molecule has 0 bridgehead atoms. The van der Waals surface area contributed by atoms with Gasteiger partial charge in [0.1, 0.15) is 23.8 Å². The van der Waals surface area contributed by atoms with Gasteiger partial charge in [0.25, 0.3) is 0 Å². The topological polar surface area (TPSA) is 74.5 Å². The number of rotatable bonds is 8. The summed E-state index contributed by atoms with van der Waals surface area (Å²) in [5.41, 5.74) is 4.21. The predicted octanol–water partition coefficient (Wildman–Crippen LogP) is 8.63. The first kappa shape index (κ1) is 27.5. The monoisotopic (exact) mass is 584 g/mol. The second kappa shape index (κ2) is 10.8. The molecule has 0 saturated heterocycles. The fourth-order valence-corrected chi connectivity index (χ4v) is 6.03. The summed E-state index contributed by atoms with van der Waals surface area (Å²) in [6.45, 7) is 6.42. The number of pyridine rings is 1. The second-order valence-electron chi connectivity index (χ2n) is 10.2. The van der Waals surface area contributed by atoms with Crippen molar-refractivity contribution >= 4 is 40.8 Å². The number of aromatic nitrogens is 2. The number of hydrogen-bond acceptors (Lipinski definition) is 6. The molecule has 6 nitrogen and oxygen atoms in total. The molecule has 1 saturated carbocycles. The summed E-state index contributed by atoms with van der Waals surface area (Å²) < 4.78 is 16.7. The highest BCUT2D eigenvalue weighted by Crippen LogP contribution is 2.61. The number of carbonyl (C=O) groups is 1. The molecule has 5 rings (SSSR count). The SMILES string of the molecule is COC(=O)c1cncc(C2CC2(C)c2ccc(OCc3c(-c4c(Cl)cccc4Cl)noc3C(C)C)cc2Cl)c1. The van der Waals surface area contributed by atoms with Crippen molar-refractivity contribution in [1.82, 2.24) is 10.1 Å². The minimum Gasteiger partial charge on any atom is -0.489 e. The molecule has 2 aromatic heterocycles. The van der Waals surface area contributed by atoms with Crippen molar-refractivity contribution in [3.63, 3.8) is 0 Å². The maximum atomic E-state index is 12.0. The number of methoxy groups -OCH3 is 1. The van der Waals surface area contributed by atoms with Gasteiger partial charge in [0.05, 0.1) is 28.3 Å². The summed E-state index contributed by atoms with van der Waals surface area (Å²) in [4.78, 5) is 16.2. The maximum absolute atomic E-state index is 12.0. The van der Waals surface area contributed by atoms with Gasteiger partial charge >= 0.3 is 5.97 Å². The van der Waals surface area contributed by atoms with E-state index in [1.165, 1.54) is 13.3 Å². The molecule has 1 aliphatic rings. The molecule has 1 fully saturated rings.